The molecule has 1 N–H and O–H groups in total. The fourth-order valence-electron chi connectivity index (χ4n) is 2.22. The van der Waals surface area contributed by atoms with Crippen LogP contribution in [0.3, 0.4) is 0 Å². The summed E-state index contributed by atoms with van der Waals surface area (Å²) in [6, 6.07) is 15.1. The number of rotatable bonds is 4. The lowest BCUT2D eigenvalue weighted by molar-refractivity contribution is 0.0912. The molecule has 0 radical (unpaired) electrons. The van der Waals surface area contributed by atoms with Crippen LogP contribution in [0.5, 0.6) is 0 Å². The summed E-state index contributed by atoms with van der Waals surface area (Å²) >= 11 is 5.92. The summed E-state index contributed by atoms with van der Waals surface area (Å²) in [6.07, 6.45) is 0. The fraction of sp³-hybridized carbons (Fsp3) is 0.278. The van der Waals surface area contributed by atoms with Crippen molar-refractivity contribution in [1.29, 1.82) is 0 Å². The molecule has 1 amide bonds. The van der Waals surface area contributed by atoms with E-state index in [1.807, 2.05) is 81.4 Å². The molecule has 116 valence electrons. The molecule has 0 heterocycles. The van der Waals surface area contributed by atoms with Crippen LogP contribution in [0.2, 0.25) is 5.02 Å². The third-order valence-corrected chi connectivity index (χ3v) is 3.87. The highest BCUT2D eigenvalue weighted by molar-refractivity contribution is 6.30. The molecule has 2 aromatic carbocycles. The van der Waals surface area contributed by atoms with Crippen molar-refractivity contribution in [2.24, 2.45) is 0 Å². The van der Waals surface area contributed by atoms with Crippen LogP contribution in [-0.4, -0.2) is 20.0 Å². The summed E-state index contributed by atoms with van der Waals surface area (Å²) in [5.74, 6) is -0.0938. The first-order valence-electron chi connectivity index (χ1n) is 7.15. The van der Waals surface area contributed by atoms with Gasteiger partial charge in [0.05, 0.1) is 5.54 Å². The molecule has 0 aromatic heterocycles. The van der Waals surface area contributed by atoms with Crippen molar-refractivity contribution in [3.8, 4) is 0 Å². The van der Waals surface area contributed by atoms with Crippen molar-refractivity contribution in [2.45, 2.75) is 19.4 Å². The molecule has 22 heavy (non-hydrogen) atoms. The van der Waals surface area contributed by atoms with Gasteiger partial charge in [-0.15, -0.1) is 0 Å². The van der Waals surface area contributed by atoms with Crippen LogP contribution in [0.25, 0.3) is 0 Å². The van der Waals surface area contributed by atoms with E-state index in [9.17, 15) is 4.79 Å². The fourth-order valence-corrected chi connectivity index (χ4v) is 2.35. The highest BCUT2D eigenvalue weighted by atomic mass is 35.5. The van der Waals surface area contributed by atoms with E-state index < -0.39 is 5.54 Å². The van der Waals surface area contributed by atoms with Crippen molar-refractivity contribution in [3.05, 3.63) is 64.7 Å². The number of halogens is 1. The Bertz CT molecular complexity index is 663. The first-order chi connectivity index (χ1) is 10.3. The second-order valence-corrected chi connectivity index (χ2v) is 6.47. The minimum Gasteiger partial charge on any atom is -0.378 e. The number of anilines is 1. The van der Waals surface area contributed by atoms with E-state index in [0.29, 0.717) is 10.6 Å². The first kappa shape index (κ1) is 16.4. The van der Waals surface area contributed by atoms with Crippen LogP contribution in [0, 0.1) is 0 Å². The van der Waals surface area contributed by atoms with Crippen molar-refractivity contribution < 1.29 is 4.79 Å². The maximum absolute atomic E-state index is 12.5. The minimum absolute atomic E-state index is 0.0938. The van der Waals surface area contributed by atoms with E-state index in [-0.39, 0.29) is 5.91 Å². The van der Waals surface area contributed by atoms with Crippen LogP contribution in [0.15, 0.2) is 48.5 Å². The van der Waals surface area contributed by atoms with Crippen molar-refractivity contribution in [2.75, 3.05) is 19.0 Å². The van der Waals surface area contributed by atoms with Gasteiger partial charge in [0.25, 0.3) is 5.91 Å². The average molecular weight is 317 g/mol. The Labute approximate surface area is 136 Å². The second kappa shape index (κ2) is 6.41. The van der Waals surface area contributed by atoms with Gasteiger partial charge in [-0.2, -0.15) is 0 Å². The zero-order valence-corrected chi connectivity index (χ0v) is 14.1. The average Bonchev–Trinajstić information content (AvgIpc) is 2.47. The molecule has 0 saturated carbocycles. The van der Waals surface area contributed by atoms with Crippen LogP contribution in [-0.2, 0) is 5.54 Å². The highest BCUT2D eigenvalue weighted by Gasteiger charge is 2.23. The summed E-state index contributed by atoms with van der Waals surface area (Å²) in [4.78, 5) is 14.5. The topological polar surface area (TPSA) is 32.3 Å². The molecule has 0 saturated heterocycles. The van der Waals surface area contributed by atoms with Gasteiger partial charge in [-0.1, -0.05) is 29.8 Å². The number of nitrogens with one attached hydrogen (secondary N) is 1. The smallest absolute Gasteiger partial charge is 0.252 e. The monoisotopic (exact) mass is 316 g/mol. The normalized spacial score (nSPS) is 11.1. The lowest BCUT2D eigenvalue weighted by atomic mass is 9.94. The first-order valence-corrected chi connectivity index (χ1v) is 7.53. The van der Waals surface area contributed by atoms with Gasteiger partial charge in [0.15, 0.2) is 0 Å². The van der Waals surface area contributed by atoms with E-state index in [1.165, 1.54) is 0 Å². The van der Waals surface area contributed by atoms with E-state index >= 15 is 0 Å². The summed E-state index contributed by atoms with van der Waals surface area (Å²) in [5.41, 5.74) is 2.18. The quantitative estimate of drug-likeness (QED) is 0.922. The zero-order valence-electron chi connectivity index (χ0n) is 13.4. The van der Waals surface area contributed by atoms with Gasteiger partial charge < -0.3 is 10.2 Å². The number of hydrogen-bond donors (Lipinski definition) is 1. The van der Waals surface area contributed by atoms with Gasteiger partial charge in [-0.25, -0.2) is 0 Å². The molecule has 0 aliphatic heterocycles. The van der Waals surface area contributed by atoms with Crippen molar-refractivity contribution in [1.82, 2.24) is 5.32 Å². The van der Waals surface area contributed by atoms with Gasteiger partial charge in [0, 0.05) is 30.4 Å². The summed E-state index contributed by atoms with van der Waals surface area (Å²) in [5, 5.41) is 3.76. The van der Waals surface area contributed by atoms with Crippen molar-refractivity contribution in [3.63, 3.8) is 0 Å². The standard InChI is InChI=1S/C18H21ClN2O/c1-18(2,14-8-10-15(19)11-9-14)20-17(22)13-6-5-7-16(12-13)21(3)4/h5-12H,1-4H3,(H,20,22). The number of carbonyl (C=O) groups is 1. The Morgan fingerprint density at radius 1 is 1.09 bits per heavy atom. The molecule has 0 unspecified atom stereocenters. The number of hydrogen-bond acceptors (Lipinski definition) is 2. The molecule has 2 rings (SSSR count). The summed E-state index contributed by atoms with van der Waals surface area (Å²) in [7, 11) is 3.91. The predicted molar refractivity (Wildman–Crippen MR) is 92.7 cm³/mol. The van der Waals surface area contributed by atoms with E-state index in [2.05, 4.69) is 5.32 Å². The largest absolute Gasteiger partial charge is 0.378 e. The maximum Gasteiger partial charge on any atom is 0.252 e. The molecule has 3 nitrogen and oxygen atoms in total. The van der Waals surface area contributed by atoms with E-state index in [4.69, 9.17) is 11.6 Å². The van der Waals surface area contributed by atoms with E-state index in [0.717, 1.165) is 11.3 Å². The molecule has 0 bridgehead atoms. The molecule has 0 aliphatic carbocycles. The molecule has 0 spiro atoms. The number of nitrogens with zero attached hydrogens (tertiary/aromatic N) is 1. The number of benzene rings is 2. The Morgan fingerprint density at radius 2 is 1.73 bits per heavy atom. The van der Waals surface area contributed by atoms with Gasteiger partial charge >= 0.3 is 0 Å². The van der Waals surface area contributed by atoms with E-state index in [1.54, 1.807) is 0 Å². The van der Waals surface area contributed by atoms with Gasteiger partial charge in [0.1, 0.15) is 0 Å². The van der Waals surface area contributed by atoms with Crippen LogP contribution in [0.4, 0.5) is 5.69 Å². The number of carbonyl (C=O) groups excluding carboxylic acids is 1. The van der Waals surface area contributed by atoms with Crippen LogP contribution < -0.4 is 10.2 Å². The Hall–Kier alpha value is -2.00. The Balaban J connectivity index is 2.20. The molecule has 0 fully saturated rings. The molecule has 0 atom stereocenters. The third kappa shape index (κ3) is 3.80. The summed E-state index contributed by atoms with van der Waals surface area (Å²) in [6.45, 7) is 3.95. The second-order valence-electron chi connectivity index (χ2n) is 6.03. The minimum atomic E-state index is -0.476. The highest BCUT2D eigenvalue weighted by Crippen LogP contribution is 2.23. The maximum atomic E-state index is 12.5. The molecular weight excluding hydrogens is 296 g/mol. The lowest BCUT2D eigenvalue weighted by Gasteiger charge is -2.27. The molecule has 0 aliphatic rings. The predicted octanol–water partition coefficient (Wildman–Crippen LogP) is 4.07. The molecular formula is C18H21ClN2O. The van der Waals surface area contributed by atoms with Gasteiger partial charge in [-0.3, -0.25) is 4.79 Å². The Morgan fingerprint density at radius 3 is 2.32 bits per heavy atom. The number of amides is 1. The third-order valence-electron chi connectivity index (χ3n) is 3.62. The van der Waals surface area contributed by atoms with Crippen LogP contribution in [0.1, 0.15) is 29.8 Å². The van der Waals surface area contributed by atoms with Crippen LogP contribution >= 0.6 is 11.6 Å². The molecule has 2 aromatic rings. The van der Waals surface area contributed by atoms with Gasteiger partial charge in [0.2, 0.25) is 0 Å². The summed E-state index contributed by atoms with van der Waals surface area (Å²) < 4.78 is 0. The zero-order chi connectivity index (χ0) is 16.3. The van der Waals surface area contributed by atoms with Gasteiger partial charge in [-0.05, 0) is 49.7 Å². The lowest BCUT2D eigenvalue weighted by Crippen LogP contribution is -2.41. The molecule has 4 heteroatoms. The SMILES string of the molecule is CN(C)c1cccc(C(=O)NC(C)(C)c2ccc(Cl)cc2)c1. The van der Waals surface area contributed by atoms with Crippen molar-refractivity contribution >= 4 is 23.2 Å². The Kier molecular flexibility index (Phi) is 4.77.